The van der Waals surface area contributed by atoms with Gasteiger partial charge in [0.15, 0.2) is 0 Å². The largest absolute Gasteiger partial charge is 0.351 e. The van der Waals surface area contributed by atoms with Crippen molar-refractivity contribution in [1.29, 1.82) is 0 Å². The number of hydrogen-bond acceptors (Lipinski definition) is 3. The van der Waals surface area contributed by atoms with Crippen molar-refractivity contribution in [3.8, 4) is 0 Å². The molecule has 1 aliphatic rings. The summed E-state index contributed by atoms with van der Waals surface area (Å²) in [5.74, 6) is -0.114. The highest BCUT2D eigenvalue weighted by Gasteiger charge is 2.30. The fraction of sp³-hybridized carbons (Fsp3) is 0.278. The number of carbonyl (C=O) groups excluding carboxylic acids is 2. The molecular formula is C18H18ClN3O2. The van der Waals surface area contributed by atoms with Gasteiger partial charge < -0.3 is 10.6 Å². The van der Waals surface area contributed by atoms with E-state index in [0.29, 0.717) is 17.9 Å². The first-order valence-corrected chi connectivity index (χ1v) is 8.23. The lowest BCUT2D eigenvalue weighted by Crippen LogP contribution is -2.50. The molecule has 0 aliphatic carbocycles. The zero-order valence-electron chi connectivity index (χ0n) is 13.0. The van der Waals surface area contributed by atoms with Crippen LogP contribution in [0.25, 0.3) is 0 Å². The molecule has 5 nitrogen and oxygen atoms in total. The van der Waals surface area contributed by atoms with E-state index in [2.05, 4.69) is 15.6 Å². The second kappa shape index (κ2) is 7.45. The molecule has 3 rings (SSSR count). The maximum atomic E-state index is 12.4. The summed E-state index contributed by atoms with van der Waals surface area (Å²) in [5, 5.41) is 6.48. The summed E-state index contributed by atoms with van der Waals surface area (Å²) in [6, 6.07) is 11.1. The first-order chi connectivity index (χ1) is 11.6. The van der Waals surface area contributed by atoms with Crippen LogP contribution in [0.1, 0.15) is 30.0 Å². The Balaban J connectivity index is 1.71. The molecule has 2 aromatic rings. The summed E-state index contributed by atoms with van der Waals surface area (Å²) in [7, 11) is 0. The quantitative estimate of drug-likeness (QED) is 0.895. The maximum Gasteiger partial charge on any atom is 0.224 e. The first kappa shape index (κ1) is 16.5. The number of benzene rings is 1. The Hall–Kier alpha value is -2.40. The predicted molar refractivity (Wildman–Crippen MR) is 91.4 cm³/mol. The van der Waals surface area contributed by atoms with E-state index in [-0.39, 0.29) is 30.3 Å². The Morgan fingerprint density at radius 2 is 2.08 bits per heavy atom. The molecule has 0 unspecified atom stereocenters. The average Bonchev–Trinajstić information content (AvgIpc) is 2.59. The van der Waals surface area contributed by atoms with Gasteiger partial charge in [0.05, 0.1) is 23.5 Å². The number of aromatic nitrogens is 1. The minimum atomic E-state index is -0.218. The van der Waals surface area contributed by atoms with Gasteiger partial charge in [0.2, 0.25) is 11.8 Å². The molecule has 2 atom stereocenters. The molecule has 0 radical (unpaired) electrons. The van der Waals surface area contributed by atoms with Gasteiger partial charge in [-0.3, -0.25) is 14.6 Å². The van der Waals surface area contributed by atoms with Crippen molar-refractivity contribution in [3.05, 3.63) is 64.9 Å². The smallest absolute Gasteiger partial charge is 0.224 e. The van der Waals surface area contributed by atoms with Crippen LogP contribution in [-0.4, -0.2) is 22.8 Å². The van der Waals surface area contributed by atoms with E-state index in [1.54, 1.807) is 12.3 Å². The molecule has 124 valence electrons. The van der Waals surface area contributed by atoms with Gasteiger partial charge in [-0.05, 0) is 23.6 Å². The lowest BCUT2D eigenvalue weighted by molar-refractivity contribution is -0.126. The van der Waals surface area contributed by atoms with Crippen molar-refractivity contribution in [1.82, 2.24) is 15.6 Å². The number of rotatable bonds is 4. The first-order valence-electron chi connectivity index (χ1n) is 7.85. The Bertz CT molecular complexity index is 736. The molecule has 1 aliphatic heterocycles. The molecule has 2 N–H and O–H groups in total. The second-order valence-electron chi connectivity index (χ2n) is 5.81. The topological polar surface area (TPSA) is 71.1 Å². The van der Waals surface area contributed by atoms with Crippen LogP contribution in [0, 0.1) is 0 Å². The van der Waals surface area contributed by atoms with Crippen LogP contribution >= 0.6 is 11.6 Å². The molecule has 1 saturated heterocycles. The third kappa shape index (κ3) is 3.92. The van der Waals surface area contributed by atoms with E-state index < -0.39 is 0 Å². The van der Waals surface area contributed by atoms with Crippen molar-refractivity contribution in [3.63, 3.8) is 0 Å². The van der Waals surface area contributed by atoms with Gasteiger partial charge in [-0.1, -0.05) is 41.9 Å². The fourth-order valence-electron chi connectivity index (χ4n) is 2.91. The Morgan fingerprint density at radius 1 is 1.29 bits per heavy atom. The van der Waals surface area contributed by atoms with Gasteiger partial charge in [-0.2, -0.15) is 0 Å². The van der Waals surface area contributed by atoms with Crippen LogP contribution in [0.5, 0.6) is 0 Å². The van der Waals surface area contributed by atoms with Crippen LogP contribution in [0.15, 0.2) is 48.8 Å². The number of pyridine rings is 1. The van der Waals surface area contributed by atoms with Crippen LogP contribution in [0.4, 0.5) is 0 Å². The van der Waals surface area contributed by atoms with E-state index in [0.717, 1.165) is 11.1 Å². The van der Waals surface area contributed by atoms with Crippen molar-refractivity contribution in [2.45, 2.75) is 31.3 Å². The van der Waals surface area contributed by atoms with E-state index in [4.69, 9.17) is 11.6 Å². The van der Waals surface area contributed by atoms with E-state index >= 15 is 0 Å². The van der Waals surface area contributed by atoms with E-state index in [1.807, 2.05) is 30.3 Å². The fourth-order valence-corrected chi connectivity index (χ4v) is 3.10. The molecule has 2 amide bonds. The highest BCUT2D eigenvalue weighted by Crippen LogP contribution is 2.24. The monoisotopic (exact) mass is 343 g/mol. The molecule has 1 aromatic heterocycles. The van der Waals surface area contributed by atoms with Crippen molar-refractivity contribution < 1.29 is 9.59 Å². The van der Waals surface area contributed by atoms with Crippen LogP contribution in [-0.2, 0) is 16.0 Å². The maximum absolute atomic E-state index is 12.4. The number of hydrogen-bond donors (Lipinski definition) is 2. The van der Waals surface area contributed by atoms with Gasteiger partial charge in [0.25, 0.3) is 0 Å². The Labute approximate surface area is 145 Å². The minimum absolute atomic E-state index is 0.00605. The number of carbonyl (C=O) groups is 2. The van der Waals surface area contributed by atoms with Crippen LogP contribution in [0.3, 0.4) is 0 Å². The summed E-state index contributed by atoms with van der Waals surface area (Å²) >= 11 is 6.06. The van der Waals surface area contributed by atoms with E-state index in [9.17, 15) is 9.59 Å². The van der Waals surface area contributed by atoms with Gasteiger partial charge in [-0.25, -0.2) is 0 Å². The normalized spacial score (nSPS) is 20.3. The summed E-state index contributed by atoms with van der Waals surface area (Å²) in [4.78, 5) is 28.1. The van der Waals surface area contributed by atoms with E-state index in [1.165, 1.54) is 6.20 Å². The highest BCUT2D eigenvalue weighted by atomic mass is 35.5. The highest BCUT2D eigenvalue weighted by molar-refractivity contribution is 6.31. The summed E-state index contributed by atoms with van der Waals surface area (Å²) in [6.07, 6.45) is 4.35. The number of nitrogens with zero attached hydrogens (tertiary/aromatic N) is 1. The second-order valence-corrected chi connectivity index (χ2v) is 6.22. The number of amides is 2. The molecule has 24 heavy (non-hydrogen) atoms. The molecule has 0 saturated carbocycles. The predicted octanol–water partition coefficient (Wildman–Crippen LogP) is 2.41. The summed E-state index contributed by atoms with van der Waals surface area (Å²) in [6.45, 7) is 0. The molecule has 1 fully saturated rings. The SMILES string of the molecule is O=C(Cc1ccncc1Cl)N[C@@H]1CCC(=O)N[C@H]1c1ccccc1. The van der Waals surface area contributed by atoms with Gasteiger partial charge >= 0.3 is 0 Å². The third-order valence-electron chi connectivity index (χ3n) is 4.11. The van der Waals surface area contributed by atoms with Crippen LogP contribution in [0.2, 0.25) is 5.02 Å². The number of piperidine rings is 1. The molecule has 0 spiro atoms. The zero-order valence-corrected chi connectivity index (χ0v) is 13.8. The lowest BCUT2D eigenvalue weighted by atomic mass is 9.91. The third-order valence-corrected chi connectivity index (χ3v) is 4.45. The molecule has 0 bridgehead atoms. The van der Waals surface area contributed by atoms with Gasteiger partial charge in [0, 0.05) is 18.8 Å². The lowest BCUT2D eigenvalue weighted by Gasteiger charge is -2.33. The number of nitrogens with one attached hydrogen (secondary N) is 2. The zero-order chi connectivity index (χ0) is 16.9. The van der Waals surface area contributed by atoms with Crippen molar-refractivity contribution in [2.75, 3.05) is 0 Å². The molecule has 6 heteroatoms. The molecule has 1 aromatic carbocycles. The molecule has 2 heterocycles. The Morgan fingerprint density at radius 3 is 2.83 bits per heavy atom. The average molecular weight is 344 g/mol. The van der Waals surface area contributed by atoms with Gasteiger partial charge in [0.1, 0.15) is 0 Å². The summed E-state index contributed by atoms with van der Waals surface area (Å²) < 4.78 is 0. The van der Waals surface area contributed by atoms with Crippen molar-refractivity contribution in [2.24, 2.45) is 0 Å². The molecular weight excluding hydrogens is 326 g/mol. The van der Waals surface area contributed by atoms with Gasteiger partial charge in [-0.15, -0.1) is 0 Å². The van der Waals surface area contributed by atoms with Crippen molar-refractivity contribution >= 4 is 23.4 Å². The summed E-state index contributed by atoms with van der Waals surface area (Å²) in [5.41, 5.74) is 1.72. The van der Waals surface area contributed by atoms with Crippen LogP contribution < -0.4 is 10.6 Å². The minimum Gasteiger partial charge on any atom is -0.351 e. The standard InChI is InChI=1S/C18H18ClN3O2/c19-14-11-20-9-8-13(14)10-17(24)21-15-6-7-16(23)22-18(15)12-4-2-1-3-5-12/h1-5,8-9,11,15,18H,6-7,10H2,(H,21,24)(H,22,23)/t15-,18+/m1/s1. The number of halogens is 1. The Kier molecular flexibility index (Phi) is 5.11.